The van der Waals surface area contributed by atoms with E-state index < -0.39 is 22.8 Å². The van der Waals surface area contributed by atoms with Crippen molar-refractivity contribution >= 4 is 28.2 Å². The molecular formula is C23H24FN5O4. The Labute approximate surface area is 188 Å². The average molecular weight is 453 g/mol. The van der Waals surface area contributed by atoms with E-state index in [1.807, 2.05) is 29.2 Å². The lowest BCUT2D eigenvalue weighted by molar-refractivity contribution is 0.0694. The normalized spacial score (nSPS) is 16.2. The number of anilines is 2. The van der Waals surface area contributed by atoms with Gasteiger partial charge in [0.25, 0.3) is 0 Å². The molecule has 2 aromatic carbocycles. The Kier molecular flexibility index (Phi) is 5.09. The zero-order chi connectivity index (χ0) is 23.3. The van der Waals surface area contributed by atoms with Gasteiger partial charge in [0, 0.05) is 51.7 Å². The molecule has 0 unspecified atom stereocenters. The number of carboxylic acids is 1. The van der Waals surface area contributed by atoms with E-state index in [2.05, 4.69) is 4.90 Å². The summed E-state index contributed by atoms with van der Waals surface area (Å²) < 4.78 is 22.8. The van der Waals surface area contributed by atoms with Crippen LogP contribution >= 0.6 is 0 Å². The number of hydrogen-bond acceptors (Lipinski definition) is 7. The number of benzene rings is 2. The fourth-order valence-electron chi connectivity index (χ4n) is 4.48. The quantitative estimate of drug-likeness (QED) is 0.575. The van der Waals surface area contributed by atoms with Crippen molar-refractivity contribution in [3.05, 3.63) is 63.7 Å². The Balaban J connectivity index is 1.48. The summed E-state index contributed by atoms with van der Waals surface area (Å²) in [7, 11) is 1.71. The number of nitrogens with zero attached hydrogens (tertiary/aromatic N) is 4. The van der Waals surface area contributed by atoms with Crippen LogP contribution in [0.5, 0.6) is 5.75 Å². The molecule has 3 aromatic rings. The Hall–Kier alpha value is -3.79. The van der Waals surface area contributed by atoms with Crippen molar-refractivity contribution in [1.82, 2.24) is 9.58 Å². The van der Waals surface area contributed by atoms with E-state index in [-0.39, 0.29) is 17.9 Å². The average Bonchev–Trinajstić information content (AvgIpc) is 2.79. The highest BCUT2D eigenvalue weighted by Gasteiger charge is 2.30. The molecule has 0 radical (unpaired) electrons. The summed E-state index contributed by atoms with van der Waals surface area (Å²) in [6, 6.07) is 8.89. The summed E-state index contributed by atoms with van der Waals surface area (Å²) in [4.78, 5) is 28.5. The number of piperazine rings is 1. The number of pyridine rings is 1. The number of nitrogen functional groups attached to an aromatic ring is 1. The van der Waals surface area contributed by atoms with Crippen LogP contribution in [0.15, 0.2) is 41.3 Å². The van der Waals surface area contributed by atoms with Gasteiger partial charge >= 0.3 is 5.97 Å². The third kappa shape index (κ3) is 3.62. The molecule has 2 aliphatic rings. The first-order chi connectivity index (χ1) is 15.8. The maximum Gasteiger partial charge on any atom is 0.341 e. The summed E-state index contributed by atoms with van der Waals surface area (Å²) in [5.74, 6) is -1.68. The number of carbonyl (C=O) groups is 1. The molecule has 2 aliphatic heterocycles. The lowest BCUT2D eigenvalue weighted by atomic mass is 10.1. The molecule has 5 rings (SSSR count). The van der Waals surface area contributed by atoms with Crippen LogP contribution in [0.2, 0.25) is 0 Å². The molecule has 33 heavy (non-hydrogen) atoms. The summed E-state index contributed by atoms with van der Waals surface area (Å²) in [5.41, 5.74) is 7.18. The van der Waals surface area contributed by atoms with E-state index >= 15 is 4.39 Å². The van der Waals surface area contributed by atoms with Gasteiger partial charge in [-0.2, -0.15) is 0 Å². The molecule has 1 aromatic heterocycles. The second kappa shape index (κ2) is 7.96. The van der Waals surface area contributed by atoms with Crippen LogP contribution < -0.4 is 25.8 Å². The molecular weight excluding hydrogens is 429 g/mol. The minimum atomic E-state index is -1.35. The summed E-state index contributed by atoms with van der Waals surface area (Å²) >= 11 is 0. The molecule has 1 saturated heterocycles. The lowest BCUT2D eigenvalue weighted by Crippen LogP contribution is -2.47. The van der Waals surface area contributed by atoms with Gasteiger partial charge in [-0.05, 0) is 23.8 Å². The summed E-state index contributed by atoms with van der Waals surface area (Å²) in [6.07, 6.45) is 1.27. The third-order valence-electron chi connectivity index (χ3n) is 6.22. The predicted molar refractivity (Wildman–Crippen MR) is 123 cm³/mol. The van der Waals surface area contributed by atoms with Crippen LogP contribution in [0.3, 0.4) is 0 Å². The van der Waals surface area contributed by atoms with Gasteiger partial charge in [-0.25, -0.2) is 9.18 Å². The van der Waals surface area contributed by atoms with Crippen molar-refractivity contribution in [3.63, 3.8) is 0 Å². The molecule has 9 nitrogen and oxygen atoms in total. The van der Waals surface area contributed by atoms with Gasteiger partial charge in [0.2, 0.25) is 5.43 Å². The summed E-state index contributed by atoms with van der Waals surface area (Å²) in [6.45, 7) is 3.50. The maximum atomic E-state index is 15.3. The number of rotatable bonds is 4. The third-order valence-corrected chi connectivity index (χ3v) is 6.22. The van der Waals surface area contributed by atoms with Crippen molar-refractivity contribution in [2.45, 2.75) is 6.54 Å². The number of aromatic nitrogens is 1. The molecule has 0 aliphatic carbocycles. The van der Waals surface area contributed by atoms with Gasteiger partial charge in [-0.3, -0.25) is 19.4 Å². The number of carboxylic acid groups (broad SMARTS) is 1. The molecule has 0 saturated carbocycles. The molecule has 1 fully saturated rings. The second-order valence-corrected chi connectivity index (χ2v) is 8.39. The molecule has 0 amide bonds. The second-order valence-electron chi connectivity index (χ2n) is 8.39. The largest absolute Gasteiger partial charge is 0.477 e. The van der Waals surface area contributed by atoms with Gasteiger partial charge < -0.3 is 20.5 Å². The van der Waals surface area contributed by atoms with Gasteiger partial charge in [-0.15, -0.1) is 0 Å². The Morgan fingerprint density at radius 2 is 1.88 bits per heavy atom. The Morgan fingerprint density at radius 1 is 1.18 bits per heavy atom. The van der Waals surface area contributed by atoms with Gasteiger partial charge in [-0.1, -0.05) is 12.1 Å². The smallest absolute Gasteiger partial charge is 0.341 e. The van der Waals surface area contributed by atoms with E-state index in [0.717, 1.165) is 37.0 Å². The Morgan fingerprint density at radius 3 is 2.55 bits per heavy atom. The highest BCUT2D eigenvalue weighted by molar-refractivity contribution is 5.97. The highest BCUT2D eigenvalue weighted by Crippen LogP contribution is 2.40. The van der Waals surface area contributed by atoms with Crippen LogP contribution in [0.1, 0.15) is 15.9 Å². The van der Waals surface area contributed by atoms with Gasteiger partial charge in [0.05, 0.1) is 5.39 Å². The zero-order valence-electron chi connectivity index (χ0n) is 18.1. The topological polar surface area (TPSA) is 104 Å². The number of ether oxygens (including phenoxy) is 1. The lowest BCUT2D eigenvalue weighted by Gasteiger charge is -2.38. The molecule has 3 heterocycles. The Bertz CT molecular complexity index is 1300. The predicted octanol–water partition coefficient (Wildman–Crippen LogP) is 1.66. The van der Waals surface area contributed by atoms with Crippen molar-refractivity contribution in [2.24, 2.45) is 0 Å². The number of nitrogens with two attached hydrogens (primary N) is 1. The number of halogens is 1. The van der Waals surface area contributed by atoms with E-state index in [1.165, 1.54) is 6.20 Å². The van der Waals surface area contributed by atoms with Crippen LogP contribution in [-0.2, 0) is 6.54 Å². The molecule has 172 valence electrons. The van der Waals surface area contributed by atoms with Gasteiger partial charge in [0.15, 0.2) is 18.3 Å². The van der Waals surface area contributed by atoms with Crippen molar-refractivity contribution < 1.29 is 19.0 Å². The minimum absolute atomic E-state index is 0.0142. The molecule has 0 atom stereocenters. The van der Waals surface area contributed by atoms with Crippen LogP contribution in [-0.4, -0.2) is 60.6 Å². The number of hydrogen-bond donors (Lipinski definition) is 2. The number of aromatic carboxylic acids is 1. The molecule has 10 heteroatoms. The van der Waals surface area contributed by atoms with Crippen molar-refractivity contribution in [1.29, 1.82) is 0 Å². The van der Waals surface area contributed by atoms with Crippen LogP contribution in [0.25, 0.3) is 10.9 Å². The first-order valence-corrected chi connectivity index (χ1v) is 10.6. The molecule has 0 spiro atoms. The van der Waals surface area contributed by atoms with Crippen LogP contribution in [0, 0.1) is 5.82 Å². The first-order valence-electron chi connectivity index (χ1n) is 10.6. The highest BCUT2D eigenvalue weighted by atomic mass is 19.1. The van der Waals surface area contributed by atoms with E-state index in [4.69, 9.17) is 10.5 Å². The van der Waals surface area contributed by atoms with Gasteiger partial charge in [0.1, 0.15) is 16.8 Å². The summed E-state index contributed by atoms with van der Waals surface area (Å²) in [5, 5.41) is 11.0. The van der Waals surface area contributed by atoms with E-state index in [0.29, 0.717) is 24.3 Å². The molecule has 3 N–H and O–H groups in total. The van der Waals surface area contributed by atoms with Crippen molar-refractivity contribution in [3.8, 4) is 5.75 Å². The fraction of sp³-hybridized carbons (Fsp3) is 0.304. The first kappa shape index (κ1) is 21.1. The van der Waals surface area contributed by atoms with E-state index in [1.54, 1.807) is 16.7 Å². The van der Waals surface area contributed by atoms with Crippen molar-refractivity contribution in [2.75, 3.05) is 55.6 Å². The monoisotopic (exact) mass is 453 g/mol. The maximum absolute atomic E-state index is 15.3. The fourth-order valence-corrected chi connectivity index (χ4v) is 4.48. The standard InChI is InChI=1S/C23H24FN5O4/c1-26-13-33-22-19-16(21(30)17(23(31)32)12-29(19)26)10-18(24)20(22)28-8-6-27(7-9-28)11-14-2-4-15(25)5-3-14/h2-5,10,12H,6-9,11,13,25H2,1H3,(H,31,32). The minimum Gasteiger partial charge on any atom is -0.477 e. The van der Waals surface area contributed by atoms with Crippen LogP contribution in [0.4, 0.5) is 15.8 Å². The van der Waals surface area contributed by atoms with E-state index in [9.17, 15) is 14.7 Å². The zero-order valence-corrected chi connectivity index (χ0v) is 18.1. The molecule has 0 bridgehead atoms. The SMILES string of the molecule is CN1COc2c(N3CCN(Cc4ccc(N)cc4)CC3)c(F)cc3c(=O)c(C(=O)O)cn1c23.